The molecule has 8 rings (SSSR count). The molecule has 288 valence electrons. The van der Waals surface area contributed by atoms with E-state index in [1.165, 1.54) is 0 Å². The zero-order valence-corrected chi connectivity index (χ0v) is 31.6. The quantitative estimate of drug-likeness (QED) is 0.0712. The predicted molar refractivity (Wildman–Crippen MR) is 216 cm³/mol. The van der Waals surface area contributed by atoms with Gasteiger partial charge in [0.1, 0.15) is 34.1 Å². The van der Waals surface area contributed by atoms with Crippen LogP contribution in [0.25, 0.3) is 0 Å². The van der Waals surface area contributed by atoms with Gasteiger partial charge in [-0.15, -0.1) is 0 Å². The fourth-order valence-corrected chi connectivity index (χ4v) is 7.44. The summed E-state index contributed by atoms with van der Waals surface area (Å²) < 4.78 is 37.6. The van der Waals surface area contributed by atoms with Crippen molar-refractivity contribution in [3.05, 3.63) is 191 Å². The average molecular weight is 761 g/mol. The number of unbranched alkanes of at least 4 members (excludes halogenated alkanes) is 6. The maximum Gasteiger partial charge on any atom is 0.349 e. The topological polar surface area (TPSA) is 89.5 Å². The molecule has 0 N–H and O–H groups in total. The molecule has 0 unspecified atom stereocenters. The van der Waals surface area contributed by atoms with E-state index in [9.17, 15) is 9.59 Å². The van der Waals surface area contributed by atoms with Crippen molar-refractivity contribution >= 4 is 11.9 Å². The minimum Gasteiger partial charge on any atom is -0.493 e. The summed E-state index contributed by atoms with van der Waals surface area (Å²) in [6.07, 6.45) is 6.94. The Labute approximate surface area is 332 Å². The summed E-state index contributed by atoms with van der Waals surface area (Å²) in [5.41, 5.74) is 3.49. The van der Waals surface area contributed by atoms with E-state index < -0.39 is 23.5 Å². The van der Waals surface area contributed by atoms with Gasteiger partial charge in [-0.3, -0.25) is 0 Å². The lowest BCUT2D eigenvalue weighted by Gasteiger charge is -2.38. The summed E-state index contributed by atoms with van der Waals surface area (Å²) in [5, 5.41) is 0. The number of carbonyl (C=O) groups excluding carboxylic acids is 2. The van der Waals surface area contributed by atoms with Gasteiger partial charge in [-0.25, -0.2) is 9.59 Å². The number of esters is 2. The Morgan fingerprint density at radius 1 is 0.351 bits per heavy atom. The van der Waals surface area contributed by atoms with Crippen molar-refractivity contribution < 1.29 is 38.0 Å². The van der Waals surface area contributed by atoms with Crippen LogP contribution in [0.4, 0.5) is 0 Å². The first-order valence-electron chi connectivity index (χ1n) is 19.7. The Morgan fingerprint density at radius 3 is 1.00 bits per heavy atom. The summed E-state index contributed by atoms with van der Waals surface area (Å²) in [4.78, 5) is 27.2. The maximum absolute atomic E-state index is 13.6. The highest BCUT2D eigenvalue weighted by atomic mass is 16.7. The molecule has 0 radical (unpaired) electrons. The van der Waals surface area contributed by atoms with E-state index in [1.54, 1.807) is 24.3 Å². The molecule has 57 heavy (non-hydrogen) atoms. The van der Waals surface area contributed by atoms with Crippen molar-refractivity contribution in [2.24, 2.45) is 0 Å². The Hall–Kier alpha value is -6.54. The van der Waals surface area contributed by atoms with Crippen LogP contribution >= 0.6 is 0 Å². The Balaban J connectivity index is 0.787. The lowest BCUT2D eigenvalue weighted by Crippen LogP contribution is -2.43. The first kappa shape index (κ1) is 37.4. The molecule has 6 aromatic rings. The number of cyclic esters (lactones) is 2. The molecule has 2 aliphatic rings. The molecule has 8 nitrogen and oxygen atoms in total. The molecule has 0 aliphatic carbocycles. The third-order valence-corrected chi connectivity index (χ3v) is 10.3. The second-order valence-corrected chi connectivity index (χ2v) is 14.1. The van der Waals surface area contributed by atoms with Gasteiger partial charge in [-0.1, -0.05) is 166 Å². The van der Waals surface area contributed by atoms with Crippen LogP contribution in [-0.2, 0) is 21.0 Å². The van der Waals surface area contributed by atoms with Crippen LogP contribution in [0.2, 0.25) is 0 Å². The van der Waals surface area contributed by atoms with Crippen molar-refractivity contribution in [3.8, 4) is 23.0 Å². The van der Waals surface area contributed by atoms with E-state index in [-0.39, 0.29) is 0 Å². The lowest BCUT2D eigenvalue weighted by molar-refractivity contribution is -0.132. The van der Waals surface area contributed by atoms with E-state index in [2.05, 4.69) is 0 Å². The first-order chi connectivity index (χ1) is 28.1. The highest BCUT2D eigenvalue weighted by molar-refractivity contribution is 5.97. The fourth-order valence-electron chi connectivity index (χ4n) is 7.44. The maximum atomic E-state index is 13.6. The van der Waals surface area contributed by atoms with Crippen LogP contribution in [0.5, 0.6) is 23.0 Å². The largest absolute Gasteiger partial charge is 0.493 e. The van der Waals surface area contributed by atoms with Gasteiger partial charge >= 0.3 is 23.5 Å². The SMILES string of the molecule is O=C1OC(c2ccccc2)(c2ccccc2)Oc2cccc(OCCCCCCCCCOc3cccc4c3C(=O)OC(c3ccccc3)(c3ccccc3)O4)c21. The van der Waals surface area contributed by atoms with Crippen LogP contribution < -0.4 is 18.9 Å². The van der Waals surface area contributed by atoms with E-state index in [0.29, 0.717) is 47.3 Å². The summed E-state index contributed by atoms with van der Waals surface area (Å²) in [7, 11) is 0. The van der Waals surface area contributed by atoms with Crippen LogP contribution in [-0.4, -0.2) is 25.2 Å². The normalized spacial score (nSPS) is 14.8. The number of rotatable bonds is 16. The molecule has 0 saturated carbocycles. The van der Waals surface area contributed by atoms with Crippen molar-refractivity contribution in [1.82, 2.24) is 0 Å². The molecular formula is C49H44O8. The van der Waals surface area contributed by atoms with Crippen molar-refractivity contribution in [2.75, 3.05) is 13.2 Å². The standard InChI is InChI=1S/C49H44O8/c50-46-44-40(30-20-32-42(44)54-48(56-46,36-22-10-6-11-23-36)37-24-12-7-13-25-37)52-34-18-4-2-1-3-5-19-35-53-41-31-21-33-43-45(41)47(51)57-49(55-43,38-26-14-8-15-27-38)39-28-16-9-17-29-39/h6-17,20-33H,1-5,18-19,34-35H2. The van der Waals surface area contributed by atoms with Gasteiger partial charge < -0.3 is 28.4 Å². The predicted octanol–water partition coefficient (Wildman–Crippen LogP) is 10.8. The molecule has 0 amide bonds. The molecule has 8 heteroatoms. The second-order valence-electron chi connectivity index (χ2n) is 14.1. The molecule has 2 heterocycles. The fraction of sp³-hybridized carbons (Fsp3) is 0.224. The highest BCUT2D eigenvalue weighted by Crippen LogP contribution is 2.46. The molecule has 2 aliphatic heterocycles. The Kier molecular flexibility index (Phi) is 11.2. The van der Waals surface area contributed by atoms with Crippen LogP contribution in [0.3, 0.4) is 0 Å². The molecular weight excluding hydrogens is 717 g/mol. The molecule has 0 fully saturated rings. The molecule has 6 aromatic carbocycles. The van der Waals surface area contributed by atoms with Gasteiger partial charge in [0.2, 0.25) is 0 Å². The van der Waals surface area contributed by atoms with E-state index in [1.807, 2.05) is 133 Å². The number of carbonyl (C=O) groups is 2. The Morgan fingerprint density at radius 2 is 0.667 bits per heavy atom. The van der Waals surface area contributed by atoms with E-state index >= 15 is 0 Å². The van der Waals surface area contributed by atoms with Crippen LogP contribution in [0.15, 0.2) is 158 Å². The molecule has 0 saturated heterocycles. The summed E-state index contributed by atoms with van der Waals surface area (Å²) in [6, 6.07) is 48.8. The van der Waals surface area contributed by atoms with Crippen LogP contribution in [0, 0.1) is 0 Å². The number of benzene rings is 6. The lowest BCUT2D eigenvalue weighted by atomic mass is 9.95. The first-order valence-corrected chi connectivity index (χ1v) is 19.7. The average Bonchev–Trinajstić information content (AvgIpc) is 3.26. The molecule has 0 bridgehead atoms. The number of hydrogen-bond donors (Lipinski definition) is 0. The van der Waals surface area contributed by atoms with Crippen molar-refractivity contribution in [3.63, 3.8) is 0 Å². The smallest absolute Gasteiger partial charge is 0.349 e. The zero-order valence-electron chi connectivity index (χ0n) is 31.6. The molecule has 0 aromatic heterocycles. The second kappa shape index (κ2) is 17.1. The van der Waals surface area contributed by atoms with Crippen molar-refractivity contribution in [1.29, 1.82) is 0 Å². The molecule has 0 atom stereocenters. The number of fused-ring (bicyclic) bond motifs is 2. The number of ether oxygens (including phenoxy) is 6. The van der Waals surface area contributed by atoms with Gasteiger partial charge in [0, 0.05) is 22.3 Å². The third kappa shape index (κ3) is 7.81. The van der Waals surface area contributed by atoms with Crippen molar-refractivity contribution in [2.45, 2.75) is 56.5 Å². The monoisotopic (exact) mass is 760 g/mol. The van der Waals surface area contributed by atoms with Crippen LogP contribution in [0.1, 0.15) is 87.9 Å². The van der Waals surface area contributed by atoms with Gasteiger partial charge in [0.05, 0.1) is 13.2 Å². The summed E-state index contributed by atoms with van der Waals surface area (Å²) in [6.45, 7) is 0.955. The zero-order chi connectivity index (χ0) is 38.9. The van der Waals surface area contributed by atoms with Gasteiger partial charge in [-0.05, 0) is 37.1 Å². The van der Waals surface area contributed by atoms with E-state index in [0.717, 1.165) is 67.2 Å². The van der Waals surface area contributed by atoms with E-state index in [4.69, 9.17) is 28.4 Å². The number of hydrogen-bond acceptors (Lipinski definition) is 8. The third-order valence-electron chi connectivity index (χ3n) is 10.3. The molecule has 0 spiro atoms. The summed E-state index contributed by atoms with van der Waals surface area (Å²) >= 11 is 0. The minimum absolute atomic E-state index is 0.301. The van der Waals surface area contributed by atoms with Gasteiger partial charge in [-0.2, -0.15) is 0 Å². The van der Waals surface area contributed by atoms with Gasteiger partial charge in [0.15, 0.2) is 0 Å². The summed E-state index contributed by atoms with van der Waals surface area (Å²) in [5.74, 6) is -2.02. The van der Waals surface area contributed by atoms with Gasteiger partial charge in [0.25, 0.3) is 0 Å². The minimum atomic E-state index is -1.40. The Bertz CT molecular complexity index is 2030. The highest BCUT2D eigenvalue weighted by Gasteiger charge is 2.48.